The molecule has 0 atom stereocenters. The lowest BCUT2D eigenvalue weighted by Crippen LogP contribution is -2.32. The lowest BCUT2D eigenvalue weighted by molar-refractivity contribution is 0.0989. The second-order valence-corrected chi connectivity index (χ2v) is 9.18. The molecule has 0 bridgehead atoms. The first kappa shape index (κ1) is 18.2. The summed E-state index contributed by atoms with van der Waals surface area (Å²) in [5, 5.41) is 0. The van der Waals surface area contributed by atoms with Gasteiger partial charge in [0.2, 0.25) is 10.0 Å². The Hall–Kier alpha value is -2.18. The average Bonchev–Trinajstić information content (AvgIpc) is 3.29. The van der Waals surface area contributed by atoms with E-state index in [1.807, 2.05) is 31.2 Å². The zero-order chi connectivity index (χ0) is 19.0. The van der Waals surface area contributed by atoms with E-state index in [0.717, 1.165) is 42.5 Å². The second-order valence-electron chi connectivity index (χ2n) is 7.47. The van der Waals surface area contributed by atoms with E-state index in [-0.39, 0.29) is 16.8 Å². The van der Waals surface area contributed by atoms with Crippen molar-refractivity contribution in [2.75, 3.05) is 11.4 Å². The molecule has 1 amide bonds. The minimum absolute atomic E-state index is 0.0441. The van der Waals surface area contributed by atoms with Crippen LogP contribution >= 0.6 is 0 Å². The fraction of sp³-hybridized carbons (Fsp3) is 0.381. The van der Waals surface area contributed by atoms with Crippen LogP contribution < -0.4 is 9.62 Å². The topological polar surface area (TPSA) is 66.5 Å². The number of hydrogen-bond acceptors (Lipinski definition) is 3. The molecule has 2 aromatic carbocycles. The minimum Gasteiger partial charge on any atom is -0.308 e. The normalized spacial score (nSPS) is 17.3. The molecule has 6 heteroatoms. The van der Waals surface area contributed by atoms with Gasteiger partial charge in [0, 0.05) is 23.8 Å². The van der Waals surface area contributed by atoms with Crippen LogP contribution in [-0.4, -0.2) is 26.9 Å². The SMILES string of the molecule is Cc1cccc(C(=O)N2CCc3cc(S(=O)(=O)NC4CCCC4)ccc32)c1. The summed E-state index contributed by atoms with van der Waals surface area (Å²) in [5.41, 5.74) is 3.41. The van der Waals surface area contributed by atoms with Crippen molar-refractivity contribution in [1.82, 2.24) is 4.72 Å². The Balaban J connectivity index is 1.58. The molecule has 142 valence electrons. The molecule has 1 aliphatic heterocycles. The summed E-state index contributed by atoms with van der Waals surface area (Å²) < 4.78 is 28.2. The van der Waals surface area contributed by atoms with E-state index in [9.17, 15) is 13.2 Å². The Labute approximate surface area is 160 Å². The Morgan fingerprint density at radius 1 is 1.11 bits per heavy atom. The van der Waals surface area contributed by atoms with Gasteiger partial charge in [0.15, 0.2) is 0 Å². The molecule has 27 heavy (non-hydrogen) atoms. The number of carbonyl (C=O) groups excluding carboxylic acids is 1. The highest BCUT2D eigenvalue weighted by Crippen LogP contribution is 2.32. The van der Waals surface area contributed by atoms with Gasteiger partial charge in [0.1, 0.15) is 0 Å². The molecule has 1 aliphatic carbocycles. The van der Waals surface area contributed by atoms with Crippen LogP contribution in [0, 0.1) is 6.92 Å². The van der Waals surface area contributed by atoms with Crippen molar-refractivity contribution in [3.63, 3.8) is 0 Å². The number of nitrogens with zero attached hydrogens (tertiary/aromatic N) is 1. The largest absolute Gasteiger partial charge is 0.308 e. The second kappa shape index (κ2) is 7.09. The van der Waals surface area contributed by atoms with Crippen molar-refractivity contribution in [3.05, 3.63) is 59.2 Å². The number of nitrogens with one attached hydrogen (secondary N) is 1. The third-order valence-corrected chi connectivity index (χ3v) is 6.96. The zero-order valence-electron chi connectivity index (χ0n) is 15.4. The van der Waals surface area contributed by atoms with Crippen LogP contribution in [0.3, 0.4) is 0 Å². The van der Waals surface area contributed by atoms with Crippen LogP contribution in [0.25, 0.3) is 0 Å². The first-order chi connectivity index (χ1) is 12.9. The van der Waals surface area contributed by atoms with E-state index in [1.54, 1.807) is 23.1 Å². The summed E-state index contributed by atoms with van der Waals surface area (Å²) >= 11 is 0. The van der Waals surface area contributed by atoms with Crippen LogP contribution in [0.5, 0.6) is 0 Å². The molecule has 0 saturated heterocycles. The van der Waals surface area contributed by atoms with Gasteiger partial charge in [-0.25, -0.2) is 13.1 Å². The highest BCUT2D eigenvalue weighted by molar-refractivity contribution is 7.89. The van der Waals surface area contributed by atoms with Crippen molar-refractivity contribution >= 4 is 21.6 Å². The standard InChI is InChI=1S/C21H24N2O3S/c1-15-5-4-6-17(13-15)21(24)23-12-11-16-14-19(9-10-20(16)23)27(25,26)22-18-7-2-3-8-18/h4-6,9-10,13-14,18,22H,2-3,7-8,11-12H2,1H3. The molecule has 0 aromatic heterocycles. The van der Waals surface area contributed by atoms with Crippen LogP contribution in [-0.2, 0) is 16.4 Å². The lowest BCUT2D eigenvalue weighted by Gasteiger charge is -2.18. The first-order valence-corrected chi connectivity index (χ1v) is 11.0. The van der Waals surface area contributed by atoms with Crippen LogP contribution in [0.2, 0.25) is 0 Å². The number of sulfonamides is 1. The van der Waals surface area contributed by atoms with E-state index in [2.05, 4.69) is 4.72 Å². The van der Waals surface area contributed by atoms with Gasteiger partial charge in [0.25, 0.3) is 5.91 Å². The van der Waals surface area contributed by atoms with Crippen molar-refractivity contribution < 1.29 is 13.2 Å². The summed E-state index contributed by atoms with van der Waals surface area (Å²) in [4.78, 5) is 14.9. The van der Waals surface area contributed by atoms with E-state index < -0.39 is 10.0 Å². The molecule has 5 nitrogen and oxygen atoms in total. The number of anilines is 1. The third kappa shape index (κ3) is 3.64. The van der Waals surface area contributed by atoms with Crippen molar-refractivity contribution in [2.24, 2.45) is 0 Å². The highest BCUT2D eigenvalue weighted by atomic mass is 32.2. The van der Waals surface area contributed by atoms with E-state index in [0.29, 0.717) is 18.5 Å². The summed E-state index contributed by atoms with van der Waals surface area (Å²) in [7, 11) is -3.51. The Morgan fingerprint density at radius 3 is 2.63 bits per heavy atom. The maximum atomic E-state index is 12.9. The van der Waals surface area contributed by atoms with Crippen LogP contribution in [0.1, 0.15) is 47.2 Å². The molecule has 1 fully saturated rings. The quantitative estimate of drug-likeness (QED) is 0.878. The van der Waals surface area contributed by atoms with E-state index in [1.165, 1.54) is 0 Å². The fourth-order valence-electron chi connectivity index (χ4n) is 4.02. The summed E-state index contributed by atoms with van der Waals surface area (Å²) in [5.74, 6) is -0.0443. The Kier molecular flexibility index (Phi) is 4.78. The fourth-order valence-corrected chi connectivity index (χ4v) is 5.38. The maximum absolute atomic E-state index is 12.9. The van der Waals surface area contributed by atoms with Gasteiger partial charge >= 0.3 is 0 Å². The summed E-state index contributed by atoms with van der Waals surface area (Å²) in [6.45, 7) is 2.53. The Morgan fingerprint density at radius 2 is 1.89 bits per heavy atom. The predicted molar refractivity (Wildman–Crippen MR) is 106 cm³/mol. The smallest absolute Gasteiger partial charge is 0.258 e. The molecule has 0 spiro atoms. The van der Waals surface area contributed by atoms with Gasteiger partial charge in [-0.2, -0.15) is 0 Å². The van der Waals surface area contributed by atoms with E-state index >= 15 is 0 Å². The van der Waals surface area contributed by atoms with Crippen LogP contribution in [0.4, 0.5) is 5.69 Å². The Bertz CT molecular complexity index is 979. The number of carbonyl (C=O) groups is 1. The lowest BCUT2D eigenvalue weighted by atomic mass is 10.1. The first-order valence-electron chi connectivity index (χ1n) is 9.48. The number of aryl methyl sites for hydroxylation is 1. The number of amides is 1. The van der Waals surface area contributed by atoms with Gasteiger partial charge in [0.05, 0.1) is 4.90 Å². The molecule has 2 aromatic rings. The predicted octanol–water partition coefficient (Wildman–Crippen LogP) is 3.42. The molecular formula is C21H24N2O3S. The molecular weight excluding hydrogens is 360 g/mol. The monoisotopic (exact) mass is 384 g/mol. The van der Waals surface area contributed by atoms with E-state index in [4.69, 9.17) is 0 Å². The zero-order valence-corrected chi connectivity index (χ0v) is 16.3. The average molecular weight is 385 g/mol. The molecule has 0 radical (unpaired) electrons. The highest BCUT2D eigenvalue weighted by Gasteiger charge is 2.28. The summed E-state index contributed by atoms with van der Waals surface area (Å²) in [6.07, 6.45) is 4.63. The number of fused-ring (bicyclic) bond motifs is 1. The van der Waals surface area contributed by atoms with Gasteiger partial charge in [-0.3, -0.25) is 4.79 Å². The maximum Gasteiger partial charge on any atom is 0.258 e. The minimum atomic E-state index is -3.51. The molecule has 4 rings (SSSR count). The van der Waals surface area contributed by atoms with Gasteiger partial charge < -0.3 is 4.90 Å². The number of benzene rings is 2. The molecule has 1 N–H and O–H groups in total. The molecule has 1 saturated carbocycles. The van der Waals surface area contributed by atoms with Gasteiger partial charge in [-0.05, 0) is 62.1 Å². The third-order valence-electron chi connectivity index (χ3n) is 5.44. The van der Waals surface area contributed by atoms with Gasteiger partial charge in [-0.15, -0.1) is 0 Å². The van der Waals surface area contributed by atoms with Crippen molar-refractivity contribution in [1.29, 1.82) is 0 Å². The number of hydrogen-bond donors (Lipinski definition) is 1. The van der Waals surface area contributed by atoms with Crippen molar-refractivity contribution in [2.45, 2.75) is 50.0 Å². The van der Waals surface area contributed by atoms with Gasteiger partial charge in [-0.1, -0.05) is 30.5 Å². The molecule has 2 aliphatic rings. The van der Waals surface area contributed by atoms with Crippen LogP contribution in [0.15, 0.2) is 47.4 Å². The van der Waals surface area contributed by atoms with Crippen molar-refractivity contribution in [3.8, 4) is 0 Å². The number of rotatable bonds is 4. The molecule has 1 heterocycles. The summed E-state index contributed by atoms with van der Waals surface area (Å²) in [6, 6.07) is 12.7. The molecule has 0 unspecified atom stereocenters.